The summed E-state index contributed by atoms with van der Waals surface area (Å²) >= 11 is 3.32. The summed E-state index contributed by atoms with van der Waals surface area (Å²) in [6.45, 7) is 6.06. The van der Waals surface area contributed by atoms with E-state index in [-0.39, 0.29) is 0 Å². The highest BCUT2D eigenvalue weighted by Gasteiger charge is 2.20. The Hall–Kier alpha value is -1.30. The molecule has 98 valence electrons. The Balaban J connectivity index is 2.12. The van der Waals surface area contributed by atoms with Gasteiger partial charge in [0.05, 0.1) is 18.0 Å². The molecule has 0 aliphatic carbocycles. The fourth-order valence-corrected chi connectivity index (χ4v) is 2.00. The van der Waals surface area contributed by atoms with Crippen molar-refractivity contribution in [2.24, 2.45) is 0 Å². The second-order valence-corrected chi connectivity index (χ2v) is 5.75. The van der Waals surface area contributed by atoms with Gasteiger partial charge in [-0.3, -0.25) is 5.32 Å². The molecular weight excluding hydrogens is 300 g/mol. The number of carbonyl (C=O) groups excluding carboxylic acids is 1. The highest BCUT2D eigenvalue weighted by molar-refractivity contribution is 9.10. The summed E-state index contributed by atoms with van der Waals surface area (Å²) in [6, 6.07) is 1.75. The van der Waals surface area contributed by atoms with Crippen molar-refractivity contribution in [3.05, 3.63) is 16.4 Å². The number of ether oxygens (including phenoxy) is 2. The van der Waals surface area contributed by atoms with Crippen LogP contribution in [0.2, 0.25) is 0 Å². The number of nitrogens with one attached hydrogen (secondary N) is 1. The number of anilines is 1. The third kappa shape index (κ3) is 3.13. The van der Waals surface area contributed by atoms with E-state index in [1.165, 1.54) is 0 Å². The average molecular weight is 315 g/mol. The minimum absolute atomic E-state index is 0.511. The lowest BCUT2D eigenvalue weighted by Gasteiger charge is -2.20. The van der Waals surface area contributed by atoms with Crippen molar-refractivity contribution >= 4 is 27.7 Å². The van der Waals surface area contributed by atoms with E-state index in [0.29, 0.717) is 22.6 Å². The predicted molar refractivity (Wildman–Crippen MR) is 71.0 cm³/mol. The van der Waals surface area contributed by atoms with Crippen LogP contribution in [-0.2, 0) is 11.2 Å². The monoisotopic (exact) mass is 314 g/mol. The fraction of sp³-hybridized carbons (Fsp3) is 0.500. The highest BCUT2D eigenvalue weighted by atomic mass is 79.9. The maximum absolute atomic E-state index is 11.7. The third-order valence-corrected chi connectivity index (χ3v) is 2.85. The molecule has 0 radical (unpaired) electrons. The maximum atomic E-state index is 11.7. The van der Waals surface area contributed by atoms with Crippen molar-refractivity contribution in [2.75, 3.05) is 11.9 Å². The molecule has 1 amide bonds. The Kier molecular flexibility index (Phi) is 3.47. The minimum atomic E-state index is -0.531. The molecule has 0 spiro atoms. The number of aromatic nitrogens is 1. The standard InChI is InChI=1S/C12H15BrN2O3/c1-12(2,3)18-11(16)15-8-6-9-7(4-5-17-9)14-10(8)13/h6H,4-5H2,1-3H3,(H,15,16). The largest absolute Gasteiger partial charge is 0.491 e. The van der Waals surface area contributed by atoms with Gasteiger partial charge in [-0.25, -0.2) is 9.78 Å². The normalized spacial score (nSPS) is 13.8. The van der Waals surface area contributed by atoms with Gasteiger partial charge < -0.3 is 9.47 Å². The molecule has 0 bridgehead atoms. The molecule has 0 saturated carbocycles. The first-order valence-corrected chi connectivity index (χ1v) is 6.47. The molecule has 0 saturated heterocycles. The number of carbonyl (C=O) groups is 1. The second-order valence-electron chi connectivity index (χ2n) is 5.00. The van der Waals surface area contributed by atoms with Crippen LogP contribution in [0.5, 0.6) is 5.75 Å². The molecule has 0 fully saturated rings. The van der Waals surface area contributed by atoms with Gasteiger partial charge in [0, 0.05) is 12.5 Å². The van der Waals surface area contributed by atoms with Crippen LogP contribution < -0.4 is 10.1 Å². The molecule has 5 nitrogen and oxygen atoms in total. The zero-order valence-electron chi connectivity index (χ0n) is 10.5. The van der Waals surface area contributed by atoms with Gasteiger partial charge in [-0.15, -0.1) is 0 Å². The van der Waals surface area contributed by atoms with Crippen molar-refractivity contribution in [3.63, 3.8) is 0 Å². The summed E-state index contributed by atoms with van der Waals surface area (Å²) in [5.41, 5.74) is 0.915. The average Bonchev–Trinajstić information content (AvgIpc) is 2.62. The molecule has 1 aromatic heterocycles. The summed E-state index contributed by atoms with van der Waals surface area (Å²) in [5, 5.41) is 2.65. The smallest absolute Gasteiger partial charge is 0.412 e. The van der Waals surface area contributed by atoms with E-state index in [1.807, 2.05) is 20.8 Å². The predicted octanol–water partition coefficient (Wildman–Crippen LogP) is 3.13. The molecule has 0 atom stereocenters. The van der Waals surface area contributed by atoms with E-state index >= 15 is 0 Å². The van der Waals surface area contributed by atoms with Crippen molar-refractivity contribution in [1.82, 2.24) is 4.98 Å². The summed E-state index contributed by atoms with van der Waals surface area (Å²) in [5.74, 6) is 0.712. The van der Waals surface area contributed by atoms with E-state index in [1.54, 1.807) is 6.07 Å². The molecular formula is C12H15BrN2O3. The third-order valence-electron chi connectivity index (χ3n) is 2.25. The first-order chi connectivity index (χ1) is 8.35. The first kappa shape index (κ1) is 13.1. The SMILES string of the molecule is CC(C)(C)OC(=O)Nc1cc2c(nc1Br)CCO2. The van der Waals surface area contributed by atoms with Crippen LogP contribution in [0.1, 0.15) is 26.5 Å². The Bertz CT molecular complexity index is 483. The van der Waals surface area contributed by atoms with Crippen LogP contribution in [0.15, 0.2) is 10.7 Å². The van der Waals surface area contributed by atoms with Crippen molar-refractivity contribution in [1.29, 1.82) is 0 Å². The molecule has 1 N–H and O–H groups in total. The lowest BCUT2D eigenvalue weighted by Crippen LogP contribution is -2.27. The molecule has 1 aliphatic heterocycles. The fourth-order valence-electron chi connectivity index (χ4n) is 1.57. The Labute approximate surface area is 114 Å². The van der Waals surface area contributed by atoms with Crippen LogP contribution in [0.25, 0.3) is 0 Å². The van der Waals surface area contributed by atoms with Crippen LogP contribution in [0, 0.1) is 0 Å². The van der Waals surface area contributed by atoms with Crippen LogP contribution >= 0.6 is 15.9 Å². The van der Waals surface area contributed by atoms with Crippen LogP contribution in [-0.4, -0.2) is 23.3 Å². The highest BCUT2D eigenvalue weighted by Crippen LogP contribution is 2.31. The molecule has 1 aromatic rings. The number of pyridine rings is 1. The van der Waals surface area contributed by atoms with Gasteiger partial charge in [-0.1, -0.05) is 0 Å². The molecule has 1 aliphatic rings. The van der Waals surface area contributed by atoms with E-state index in [2.05, 4.69) is 26.2 Å². The van der Waals surface area contributed by atoms with E-state index < -0.39 is 11.7 Å². The lowest BCUT2D eigenvalue weighted by atomic mass is 10.2. The molecule has 0 aromatic carbocycles. The van der Waals surface area contributed by atoms with Gasteiger partial charge in [0.1, 0.15) is 16.0 Å². The zero-order chi connectivity index (χ0) is 13.3. The number of fused-ring (bicyclic) bond motifs is 1. The van der Waals surface area contributed by atoms with Gasteiger partial charge >= 0.3 is 6.09 Å². The first-order valence-electron chi connectivity index (χ1n) is 5.67. The number of halogens is 1. The van der Waals surface area contributed by atoms with E-state index in [0.717, 1.165) is 12.1 Å². The molecule has 2 heterocycles. The Morgan fingerprint density at radius 2 is 2.28 bits per heavy atom. The molecule has 6 heteroatoms. The van der Waals surface area contributed by atoms with Crippen LogP contribution in [0.4, 0.5) is 10.5 Å². The van der Waals surface area contributed by atoms with Crippen molar-refractivity contribution in [3.8, 4) is 5.75 Å². The quantitative estimate of drug-likeness (QED) is 0.809. The zero-order valence-corrected chi connectivity index (χ0v) is 12.1. The van der Waals surface area contributed by atoms with Gasteiger partial charge in [0.2, 0.25) is 0 Å². The number of nitrogens with zero attached hydrogens (tertiary/aromatic N) is 1. The topological polar surface area (TPSA) is 60.5 Å². The van der Waals surface area contributed by atoms with Crippen molar-refractivity contribution in [2.45, 2.75) is 32.8 Å². The van der Waals surface area contributed by atoms with Gasteiger partial charge in [-0.2, -0.15) is 0 Å². The number of hydrogen-bond acceptors (Lipinski definition) is 4. The lowest BCUT2D eigenvalue weighted by molar-refractivity contribution is 0.0636. The minimum Gasteiger partial charge on any atom is -0.491 e. The van der Waals surface area contributed by atoms with Crippen molar-refractivity contribution < 1.29 is 14.3 Å². The summed E-state index contributed by atoms with van der Waals surface area (Å²) in [6.07, 6.45) is 0.281. The number of amides is 1. The second kappa shape index (κ2) is 4.76. The van der Waals surface area contributed by atoms with Gasteiger partial charge in [0.15, 0.2) is 0 Å². The summed E-state index contributed by atoms with van der Waals surface area (Å²) in [7, 11) is 0. The van der Waals surface area contributed by atoms with Gasteiger partial charge in [-0.05, 0) is 36.7 Å². The summed E-state index contributed by atoms with van der Waals surface area (Å²) < 4.78 is 11.2. The van der Waals surface area contributed by atoms with E-state index in [4.69, 9.17) is 9.47 Å². The Morgan fingerprint density at radius 3 is 2.94 bits per heavy atom. The maximum Gasteiger partial charge on any atom is 0.412 e. The van der Waals surface area contributed by atoms with Gasteiger partial charge in [0.25, 0.3) is 0 Å². The number of rotatable bonds is 1. The molecule has 2 rings (SSSR count). The van der Waals surface area contributed by atoms with E-state index in [9.17, 15) is 4.79 Å². The number of hydrogen-bond donors (Lipinski definition) is 1. The summed E-state index contributed by atoms with van der Waals surface area (Å²) in [4.78, 5) is 16.0. The Morgan fingerprint density at radius 1 is 1.56 bits per heavy atom. The van der Waals surface area contributed by atoms with Crippen LogP contribution in [0.3, 0.4) is 0 Å². The molecule has 0 unspecified atom stereocenters. The molecule has 18 heavy (non-hydrogen) atoms.